The third-order valence-electron chi connectivity index (χ3n) is 3.09. The summed E-state index contributed by atoms with van der Waals surface area (Å²) in [6.45, 7) is 0.691. The molecule has 1 amide bonds. The summed E-state index contributed by atoms with van der Waals surface area (Å²) in [4.78, 5) is 11.7. The number of H-pyrrole nitrogens is 1. The Balaban J connectivity index is 1.83. The molecule has 0 aliphatic carbocycles. The Morgan fingerprint density at radius 2 is 1.95 bits per heavy atom. The van der Waals surface area contributed by atoms with Gasteiger partial charge in [0.1, 0.15) is 0 Å². The zero-order valence-corrected chi connectivity index (χ0v) is 11.4. The highest BCUT2D eigenvalue weighted by Gasteiger charge is 2.03. The van der Waals surface area contributed by atoms with E-state index < -0.39 is 0 Å². The van der Waals surface area contributed by atoms with Gasteiger partial charge in [0, 0.05) is 18.3 Å². The molecule has 20 heavy (non-hydrogen) atoms. The van der Waals surface area contributed by atoms with Gasteiger partial charge in [-0.2, -0.15) is 5.10 Å². The molecule has 5 nitrogen and oxygen atoms in total. The predicted octanol–water partition coefficient (Wildman–Crippen LogP) is 2.53. The average molecular weight is 272 g/mol. The quantitative estimate of drug-likeness (QED) is 0.677. The highest BCUT2D eigenvalue weighted by Crippen LogP contribution is 2.19. The fourth-order valence-electron chi connectivity index (χ4n) is 1.98. The Kier molecular flexibility index (Phi) is 5.32. The molecule has 4 N–H and O–H groups in total. The molecule has 0 spiro atoms. The van der Waals surface area contributed by atoms with Crippen molar-refractivity contribution < 1.29 is 4.79 Å². The zero-order valence-electron chi connectivity index (χ0n) is 11.4. The monoisotopic (exact) mass is 272 g/mol. The summed E-state index contributed by atoms with van der Waals surface area (Å²) in [5, 5.41) is 9.72. The minimum absolute atomic E-state index is 0.0521. The Labute approximate surface area is 118 Å². The number of hydrogen-bond donors (Lipinski definition) is 3. The maximum atomic E-state index is 11.7. The number of aromatic amines is 1. The lowest BCUT2D eigenvalue weighted by Crippen LogP contribution is -2.11. The zero-order chi connectivity index (χ0) is 14.2. The molecule has 0 bridgehead atoms. The van der Waals surface area contributed by atoms with Gasteiger partial charge in [0.25, 0.3) is 0 Å². The Hall–Kier alpha value is -2.14. The van der Waals surface area contributed by atoms with Crippen LogP contribution in [0.15, 0.2) is 36.5 Å². The van der Waals surface area contributed by atoms with Crippen molar-refractivity contribution in [2.75, 3.05) is 11.9 Å². The average Bonchev–Trinajstić information content (AvgIpc) is 2.99. The number of nitrogens with zero attached hydrogens (tertiary/aromatic N) is 1. The molecule has 5 heteroatoms. The molecule has 0 unspecified atom stereocenters. The van der Waals surface area contributed by atoms with Crippen molar-refractivity contribution in [3.8, 4) is 11.3 Å². The number of amides is 1. The predicted molar refractivity (Wildman–Crippen MR) is 80.2 cm³/mol. The molecule has 1 aromatic carbocycles. The minimum atomic E-state index is 0.0521. The number of hydrogen-bond acceptors (Lipinski definition) is 3. The molecule has 1 heterocycles. The topological polar surface area (TPSA) is 83.8 Å². The van der Waals surface area contributed by atoms with Crippen LogP contribution >= 0.6 is 0 Å². The van der Waals surface area contributed by atoms with Crippen molar-refractivity contribution >= 4 is 11.6 Å². The van der Waals surface area contributed by atoms with E-state index in [1.807, 2.05) is 30.3 Å². The first-order valence-corrected chi connectivity index (χ1v) is 6.89. The van der Waals surface area contributed by atoms with Crippen LogP contribution in [0.4, 0.5) is 5.69 Å². The van der Waals surface area contributed by atoms with Crippen molar-refractivity contribution in [2.24, 2.45) is 5.73 Å². The van der Waals surface area contributed by atoms with Crippen molar-refractivity contribution in [3.63, 3.8) is 0 Å². The van der Waals surface area contributed by atoms with Crippen LogP contribution in [0.2, 0.25) is 0 Å². The molecule has 0 saturated carbocycles. The Morgan fingerprint density at radius 3 is 2.60 bits per heavy atom. The molecule has 0 saturated heterocycles. The van der Waals surface area contributed by atoms with Crippen LogP contribution in [0.1, 0.15) is 25.7 Å². The van der Waals surface area contributed by atoms with Gasteiger partial charge in [-0.25, -0.2) is 0 Å². The first-order chi connectivity index (χ1) is 9.79. The van der Waals surface area contributed by atoms with Crippen LogP contribution in [-0.4, -0.2) is 22.6 Å². The van der Waals surface area contributed by atoms with Crippen LogP contribution in [0.25, 0.3) is 11.3 Å². The second-order valence-electron chi connectivity index (χ2n) is 4.70. The van der Waals surface area contributed by atoms with E-state index in [1.165, 1.54) is 0 Å². The molecule has 1 aromatic heterocycles. The second kappa shape index (κ2) is 7.45. The van der Waals surface area contributed by atoms with Gasteiger partial charge in [-0.05, 0) is 43.1 Å². The van der Waals surface area contributed by atoms with Gasteiger partial charge in [-0.3, -0.25) is 9.89 Å². The third-order valence-corrected chi connectivity index (χ3v) is 3.09. The molecule has 0 radical (unpaired) electrons. The first kappa shape index (κ1) is 14.3. The summed E-state index contributed by atoms with van der Waals surface area (Å²) in [5.41, 5.74) is 8.24. The minimum Gasteiger partial charge on any atom is -0.330 e. The number of anilines is 1. The summed E-state index contributed by atoms with van der Waals surface area (Å²) >= 11 is 0. The van der Waals surface area contributed by atoms with E-state index in [4.69, 9.17) is 5.73 Å². The number of nitrogens with one attached hydrogen (secondary N) is 2. The van der Waals surface area contributed by atoms with Crippen molar-refractivity contribution in [1.82, 2.24) is 10.2 Å². The van der Waals surface area contributed by atoms with E-state index in [9.17, 15) is 4.79 Å². The normalized spacial score (nSPS) is 10.4. The number of unbranched alkanes of at least 4 members (excludes halogenated alkanes) is 2. The molecular formula is C15H20N4O. The van der Waals surface area contributed by atoms with Crippen LogP contribution in [0.5, 0.6) is 0 Å². The summed E-state index contributed by atoms with van der Waals surface area (Å²) in [7, 11) is 0. The van der Waals surface area contributed by atoms with Gasteiger partial charge in [-0.1, -0.05) is 18.6 Å². The van der Waals surface area contributed by atoms with Crippen molar-refractivity contribution in [2.45, 2.75) is 25.7 Å². The van der Waals surface area contributed by atoms with E-state index in [0.717, 1.165) is 36.2 Å². The van der Waals surface area contributed by atoms with E-state index in [-0.39, 0.29) is 5.91 Å². The van der Waals surface area contributed by atoms with Crippen LogP contribution < -0.4 is 11.1 Å². The molecule has 106 valence electrons. The standard InChI is InChI=1S/C15H20N4O/c16-10-3-1-2-4-15(20)18-13-7-5-12(6-8-13)14-9-11-17-19-14/h5-9,11H,1-4,10,16H2,(H,17,19)(H,18,20). The van der Waals surface area contributed by atoms with Gasteiger partial charge in [0.2, 0.25) is 5.91 Å². The fourth-order valence-corrected chi connectivity index (χ4v) is 1.98. The van der Waals surface area contributed by atoms with Gasteiger partial charge in [0.15, 0.2) is 0 Å². The van der Waals surface area contributed by atoms with Gasteiger partial charge >= 0.3 is 0 Å². The summed E-state index contributed by atoms with van der Waals surface area (Å²) < 4.78 is 0. The lowest BCUT2D eigenvalue weighted by Gasteiger charge is -2.06. The van der Waals surface area contributed by atoms with Crippen LogP contribution in [0, 0.1) is 0 Å². The molecule has 0 atom stereocenters. The number of nitrogens with two attached hydrogens (primary N) is 1. The van der Waals surface area contributed by atoms with Gasteiger partial charge < -0.3 is 11.1 Å². The van der Waals surface area contributed by atoms with Crippen LogP contribution in [-0.2, 0) is 4.79 Å². The summed E-state index contributed by atoms with van der Waals surface area (Å²) in [6.07, 6.45) is 5.12. The van der Waals surface area contributed by atoms with Gasteiger partial charge in [0.05, 0.1) is 5.69 Å². The van der Waals surface area contributed by atoms with Crippen molar-refractivity contribution in [3.05, 3.63) is 36.5 Å². The van der Waals surface area contributed by atoms with E-state index in [1.54, 1.807) is 6.20 Å². The number of rotatable bonds is 7. The number of benzene rings is 1. The molecule has 0 aliphatic rings. The number of aromatic nitrogens is 2. The highest BCUT2D eigenvalue weighted by atomic mass is 16.1. The molecule has 0 fully saturated rings. The Bertz CT molecular complexity index is 519. The first-order valence-electron chi connectivity index (χ1n) is 6.89. The lowest BCUT2D eigenvalue weighted by molar-refractivity contribution is -0.116. The molecule has 0 aliphatic heterocycles. The maximum Gasteiger partial charge on any atom is 0.224 e. The van der Waals surface area contributed by atoms with Crippen molar-refractivity contribution in [1.29, 1.82) is 0 Å². The van der Waals surface area contributed by atoms with Crippen LogP contribution in [0.3, 0.4) is 0 Å². The smallest absolute Gasteiger partial charge is 0.224 e. The fraction of sp³-hybridized carbons (Fsp3) is 0.333. The molecule has 2 rings (SSSR count). The Morgan fingerprint density at radius 1 is 1.15 bits per heavy atom. The van der Waals surface area contributed by atoms with E-state index >= 15 is 0 Å². The largest absolute Gasteiger partial charge is 0.330 e. The number of carbonyl (C=O) groups is 1. The van der Waals surface area contributed by atoms with E-state index in [2.05, 4.69) is 15.5 Å². The third kappa shape index (κ3) is 4.20. The molecule has 2 aromatic rings. The number of carbonyl (C=O) groups excluding carboxylic acids is 1. The highest BCUT2D eigenvalue weighted by molar-refractivity contribution is 5.90. The molecular weight excluding hydrogens is 252 g/mol. The van der Waals surface area contributed by atoms with E-state index in [0.29, 0.717) is 13.0 Å². The van der Waals surface area contributed by atoms with Gasteiger partial charge in [-0.15, -0.1) is 0 Å². The lowest BCUT2D eigenvalue weighted by atomic mass is 10.1. The summed E-state index contributed by atoms with van der Waals surface area (Å²) in [6, 6.07) is 9.61. The maximum absolute atomic E-state index is 11.7. The SMILES string of the molecule is NCCCCCC(=O)Nc1ccc(-c2ccn[nH]2)cc1. The second-order valence-corrected chi connectivity index (χ2v) is 4.70. The summed E-state index contributed by atoms with van der Waals surface area (Å²) in [5.74, 6) is 0.0521.